The van der Waals surface area contributed by atoms with Crippen molar-refractivity contribution in [1.29, 1.82) is 0 Å². The van der Waals surface area contributed by atoms with E-state index in [4.69, 9.17) is 9.47 Å². The molecule has 0 aliphatic rings. The highest BCUT2D eigenvalue weighted by molar-refractivity contribution is 14.1. The lowest BCUT2D eigenvalue weighted by atomic mass is 10.3. The van der Waals surface area contributed by atoms with Crippen molar-refractivity contribution in [2.45, 2.75) is 6.92 Å². The quantitative estimate of drug-likeness (QED) is 0.491. The number of anilines is 1. The number of amides is 1. The predicted molar refractivity (Wildman–Crippen MR) is 100 cm³/mol. The number of nitrogens with zero attached hydrogens (tertiary/aromatic N) is 1. The first-order valence-electron chi connectivity index (χ1n) is 7.50. The van der Waals surface area contributed by atoms with Crippen molar-refractivity contribution in [2.24, 2.45) is 0 Å². The zero-order chi connectivity index (χ0) is 17.4. The van der Waals surface area contributed by atoms with Gasteiger partial charge in [0.05, 0.1) is 10.2 Å². The molecule has 0 saturated carbocycles. The predicted octanol–water partition coefficient (Wildman–Crippen LogP) is 3.27. The Labute approximate surface area is 154 Å². The van der Waals surface area contributed by atoms with Gasteiger partial charge in [-0.25, -0.2) is 0 Å². The first-order chi connectivity index (χ1) is 11.6. The Morgan fingerprint density at radius 3 is 2.38 bits per heavy atom. The zero-order valence-electron chi connectivity index (χ0n) is 13.3. The van der Waals surface area contributed by atoms with Crippen LogP contribution in [0.15, 0.2) is 54.6 Å². The molecule has 0 fully saturated rings. The van der Waals surface area contributed by atoms with E-state index in [1.807, 2.05) is 36.4 Å². The number of benzene rings is 2. The molecule has 2 rings (SSSR count). The molecule has 0 bridgehead atoms. The highest BCUT2D eigenvalue weighted by Gasteiger charge is 2.20. The van der Waals surface area contributed by atoms with Gasteiger partial charge in [-0.1, -0.05) is 30.3 Å². The third kappa shape index (κ3) is 5.23. The monoisotopic (exact) mass is 439 g/mol. The third-order valence-electron chi connectivity index (χ3n) is 3.15. The van der Waals surface area contributed by atoms with Crippen LogP contribution in [0.5, 0.6) is 5.75 Å². The average Bonchev–Trinajstić information content (AvgIpc) is 2.60. The molecule has 6 heteroatoms. The number of halogens is 1. The van der Waals surface area contributed by atoms with Crippen LogP contribution in [0.3, 0.4) is 0 Å². The molecule has 0 N–H and O–H groups in total. The van der Waals surface area contributed by atoms with Crippen molar-refractivity contribution < 1.29 is 19.1 Å². The molecule has 0 radical (unpaired) electrons. The van der Waals surface area contributed by atoms with E-state index in [2.05, 4.69) is 22.6 Å². The Morgan fingerprint density at radius 1 is 1.04 bits per heavy atom. The van der Waals surface area contributed by atoms with Gasteiger partial charge in [0.25, 0.3) is 5.91 Å². The van der Waals surface area contributed by atoms with Crippen LogP contribution in [-0.2, 0) is 14.3 Å². The summed E-state index contributed by atoms with van der Waals surface area (Å²) in [5, 5.41) is 0. The summed E-state index contributed by atoms with van der Waals surface area (Å²) in [7, 11) is 0. The van der Waals surface area contributed by atoms with Crippen molar-refractivity contribution in [3.05, 3.63) is 58.2 Å². The van der Waals surface area contributed by atoms with Gasteiger partial charge in [0.1, 0.15) is 12.3 Å². The summed E-state index contributed by atoms with van der Waals surface area (Å²) in [6, 6.07) is 16.4. The molecule has 126 valence electrons. The first-order valence-corrected chi connectivity index (χ1v) is 8.58. The molecule has 0 spiro atoms. The Morgan fingerprint density at radius 2 is 1.71 bits per heavy atom. The SMILES string of the molecule is CCOC(=O)CN(C(=O)COc1ccccc1I)c1ccccc1. The van der Waals surface area contributed by atoms with Crippen molar-refractivity contribution in [2.75, 3.05) is 24.7 Å². The molecular weight excluding hydrogens is 421 g/mol. The average molecular weight is 439 g/mol. The van der Waals surface area contributed by atoms with Gasteiger partial charge in [0, 0.05) is 5.69 Å². The molecule has 5 nitrogen and oxygen atoms in total. The van der Waals surface area contributed by atoms with Gasteiger partial charge in [0.15, 0.2) is 6.61 Å². The van der Waals surface area contributed by atoms with E-state index in [1.54, 1.807) is 25.1 Å². The fourth-order valence-electron chi connectivity index (χ4n) is 2.05. The molecule has 24 heavy (non-hydrogen) atoms. The number of rotatable bonds is 7. The maximum Gasteiger partial charge on any atom is 0.326 e. The summed E-state index contributed by atoms with van der Waals surface area (Å²) in [4.78, 5) is 25.7. The van der Waals surface area contributed by atoms with Gasteiger partial charge >= 0.3 is 5.97 Å². The van der Waals surface area contributed by atoms with Gasteiger partial charge in [-0.05, 0) is 53.8 Å². The van der Waals surface area contributed by atoms with Crippen LogP contribution < -0.4 is 9.64 Å². The van der Waals surface area contributed by atoms with Crippen LogP contribution >= 0.6 is 22.6 Å². The number of para-hydroxylation sites is 2. The highest BCUT2D eigenvalue weighted by Crippen LogP contribution is 2.20. The summed E-state index contributed by atoms with van der Waals surface area (Å²) in [5.74, 6) is -0.131. The summed E-state index contributed by atoms with van der Waals surface area (Å²) < 4.78 is 11.5. The van der Waals surface area contributed by atoms with E-state index in [9.17, 15) is 9.59 Å². The minimum absolute atomic E-state index is 0.147. The number of ether oxygens (including phenoxy) is 2. The Hall–Kier alpha value is -2.09. The maximum atomic E-state index is 12.6. The molecule has 1 amide bonds. The van der Waals surface area contributed by atoms with Crippen molar-refractivity contribution in [3.63, 3.8) is 0 Å². The van der Waals surface area contributed by atoms with Crippen LogP contribution in [0.1, 0.15) is 6.92 Å². The van der Waals surface area contributed by atoms with E-state index in [0.29, 0.717) is 11.4 Å². The smallest absolute Gasteiger partial charge is 0.326 e. The van der Waals surface area contributed by atoms with E-state index in [1.165, 1.54) is 4.90 Å². The molecule has 0 aliphatic heterocycles. The van der Waals surface area contributed by atoms with Gasteiger partial charge in [0.2, 0.25) is 0 Å². The fourth-order valence-corrected chi connectivity index (χ4v) is 2.59. The van der Waals surface area contributed by atoms with Gasteiger partial charge in [-0.15, -0.1) is 0 Å². The second-order valence-corrected chi connectivity index (χ2v) is 6.00. The molecule has 2 aromatic carbocycles. The molecule has 0 saturated heterocycles. The summed E-state index contributed by atoms with van der Waals surface area (Å²) in [6.45, 7) is 1.70. The standard InChI is InChI=1S/C18H18INO4/c1-2-23-18(22)12-20(14-8-4-3-5-9-14)17(21)13-24-16-11-7-6-10-15(16)19/h3-11H,2,12-13H2,1H3. The number of carbonyl (C=O) groups is 2. The number of esters is 1. The van der Waals surface area contributed by atoms with Gasteiger partial charge in [-0.3, -0.25) is 14.5 Å². The van der Waals surface area contributed by atoms with Crippen LogP contribution in [0.25, 0.3) is 0 Å². The molecule has 0 aromatic heterocycles. The van der Waals surface area contributed by atoms with Crippen LogP contribution in [0.2, 0.25) is 0 Å². The Kier molecular flexibility index (Phi) is 7.05. The second-order valence-electron chi connectivity index (χ2n) is 4.84. The molecule has 0 heterocycles. The number of carbonyl (C=O) groups excluding carboxylic acids is 2. The molecule has 2 aromatic rings. The van der Waals surface area contributed by atoms with Crippen LogP contribution in [-0.4, -0.2) is 31.6 Å². The Balaban J connectivity index is 2.09. The Bertz CT molecular complexity index is 690. The summed E-state index contributed by atoms with van der Waals surface area (Å²) in [5.41, 5.74) is 0.627. The minimum Gasteiger partial charge on any atom is -0.483 e. The molecule has 0 atom stereocenters. The van der Waals surface area contributed by atoms with E-state index >= 15 is 0 Å². The topological polar surface area (TPSA) is 55.8 Å². The number of hydrogen-bond donors (Lipinski definition) is 0. The fraction of sp³-hybridized carbons (Fsp3) is 0.222. The van der Waals surface area contributed by atoms with Crippen LogP contribution in [0, 0.1) is 3.57 Å². The van der Waals surface area contributed by atoms with E-state index in [-0.39, 0.29) is 25.7 Å². The lowest BCUT2D eigenvalue weighted by molar-refractivity contribution is -0.142. The maximum absolute atomic E-state index is 12.6. The molecular formula is C18H18INO4. The lowest BCUT2D eigenvalue weighted by Crippen LogP contribution is -2.39. The van der Waals surface area contributed by atoms with Crippen molar-refractivity contribution in [3.8, 4) is 5.75 Å². The lowest BCUT2D eigenvalue weighted by Gasteiger charge is -2.22. The second kappa shape index (κ2) is 9.27. The minimum atomic E-state index is -0.455. The highest BCUT2D eigenvalue weighted by atomic mass is 127. The normalized spacial score (nSPS) is 10.1. The molecule has 0 aliphatic carbocycles. The first kappa shape index (κ1) is 18.3. The number of hydrogen-bond acceptors (Lipinski definition) is 4. The molecule has 0 unspecified atom stereocenters. The van der Waals surface area contributed by atoms with E-state index in [0.717, 1.165) is 3.57 Å². The largest absolute Gasteiger partial charge is 0.483 e. The van der Waals surface area contributed by atoms with Gasteiger partial charge < -0.3 is 9.47 Å². The van der Waals surface area contributed by atoms with Crippen LogP contribution in [0.4, 0.5) is 5.69 Å². The van der Waals surface area contributed by atoms with E-state index < -0.39 is 5.97 Å². The van der Waals surface area contributed by atoms with Crippen molar-refractivity contribution >= 4 is 40.2 Å². The zero-order valence-corrected chi connectivity index (χ0v) is 15.4. The summed E-state index contributed by atoms with van der Waals surface area (Å²) in [6.07, 6.45) is 0. The van der Waals surface area contributed by atoms with Crippen molar-refractivity contribution in [1.82, 2.24) is 0 Å². The van der Waals surface area contributed by atoms with Gasteiger partial charge in [-0.2, -0.15) is 0 Å². The summed E-state index contributed by atoms with van der Waals surface area (Å²) >= 11 is 2.14. The third-order valence-corrected chi connectivity index (χ3v) is 4.04.